The Hall–Kier alpha value is -1.01. The molecule has 0 radical (unpaired) electrons. The van der Waals surface area contributed by atoms with E-state index in [1.807, 2.05) is 13.8 Å². The van der Waals surface area contributed by atoms with Crippen LogP contribution in [0.2, 0.25) is 0 Å². The van der Waals surface area contributed by atoms with E-state index < -0.39 is 0 Å². The lowest BCUT2D eigenvalue weighted by molar-refractivity contribution is 0.596. The summed E-state index contributed by atoms with van der Waals surface area (Å²) < 4.78 is 0. The monoisotopic (exact) mass is 218 g/mol. The van der Waals surface area contributed by atoms with Gasteiger partial charge in [0.15, 0.2) is 0 Å². The third-order valence-corrected chi connectivity index (χ3v) is 4.40. The van der Waals surface area contributed by atoms with Gasteiger partial charge in [0.2, 0.25) is 5.69 Å². The maximum atomic E-state index is 7.22. The van der Waals surface area contributed by atoms with Gasteiger partial charge >= 0.3 is 0 Å². The molecule has 1 aliphatic rings. The van der Waals surface area contributed by atoms with Gasteiger partial charge in [0.05, 0.1) is 6.57 Å². The van der Waals surface area contributed by atoms with Crippen molar-refractivity contribution in [2.24, 2.45) is 0 Å². The van der Waals surface area contributed by atoms with E-state index >= 15 is 0 Å². The first-order valence-corrected chi connectivity index (χ1v) is 5.98. The number of nitrogens with zero attached hydrogens (tertiary/aromatic N) is 2. The maximum absolute atomic E-state index is 7.22. The first kappa shape index (κ1) is 10.5. The fourth-order valence-electron chi connectivity index (χ4n) is 2.20. The standard InChI is InChI=1S/C12H14N2S/c1-7-9-11(15-6-12(9,3)4)10(13-5)8(2)14-7/h6H2,1-4H3. The van der Waals surface area contributed by atoms with Crippen LogP contribution in [0.4, 0.5) is 5.69 Å². The highest BCUT2D eigenvalue weighted by Crippen LogP contribution is 2.49. The van der Waals surface area contributed by atoms with Gasteiger partial charge in [-0.1, -0.05) is 13.8 Å². The molecule has 2 rings (SSSR count). The molecule has 0 spiro atoms. The molecule has 78 valence electrons. The molecule has 2 nitrogen and oxygen atoms in total. The second-order valence-electron chi connectivity index (χ2n) is 4.62. The molecular formula is C12H14N2S. The van der Waals surface area contributed by atoms with E-state index in [1.165, 1.54) is 10.5 Å². The zero-order valence-electron chi connectivity index (χ0n) is 9.51. The highest BCUT2D eigenvalue weighted by molar-refractivity contribution is 7.99. The zero-order valence-corrected chi connectivity index (χ0v) is 10.3. The van der Waals surface area contributed by atoms with Crippen molar-refractivity contribution in [1.82, 2.24) is 4.98 Å². The van der Waals surface area contributed by atoms with Crippen molar-refractivity contribution in [2.45, 2.75) is 38.0 Å². The number of aryl methyl sites for hydroxylation is 2. The second kappa shape index (κ2) is 3.24. The summed E-state index contributed by atoms with van der Waals surface area (Å²) in [5, 5.41) is 0. The summed E-state index contributed by atoms with van der Waals surface area (Å²) in [6.07, 6.45) is 0. The molecule has 0 N–H and O–H groups in total. The Balaban J connectivity index is 2.79. The van der Waals surface area contributed by atoms with Crippen LogP contribution in [-0.2, 0) is 5.41 Å². The Kier molecular flexibility index (Phi) is 2.27. The first-order chi connectivity index (χ1) is 6.97. The lowest BCUT2D eigenvalue weighted by atomic mass is 9.85. The van der Waals surface area contributed by atoms with Crippen LogP contribution in [-0.4, -0.2) is 10.7 Å². The van der Waals surface area contributed by atoms with Crippen LogP contribution in [0.25, 0.3) is 4.85 Å². The van der Waals surface area contributed by atoms with Crippen molar-refractivity contribution in [3.63, 3.8) is 0 Å². The normalized spacial score (nSPS) is 17.3. The predicted octanol–water partition coefficient (Wildman–Crippen LogP) is 3.63. The highest BCUT2D eigenvalue weighted by Gasteiger charge is 2.35. The van der Waals surface area contributed by atoms with Crippen molar-refractivity contribution < 1.29 is 0 Å². The SMILES string of the molecule is [C-]#[N+]c1c(C)nc(C)c2c1SCC2(C)C. The van der Waals surface area contributed by atoms with Crippen LogP contribution >= 0.6 is 11.8 Å². The fraction of sp³-hybridized carbons (Fsp3) is 0.500. The Morgan fingerprint density at radius 2 is 2.00 bits per heavy atom. The third-order valence-electron chi connectivity index (χ3n) is 2.85. The van der Waals surface area contributed by atoms with Crippen molar-refractivity contribution in [2.75, 3.05) is 5.75 Å². The van der Waals surface area contributed by atoms with E-state index in [1.54, 1.807) is 11.8 Å². The average Bonchev–Trinajstić information content (AvgIpc) is 2.43. The van der Waals surface area contributed by atoms with Crippen LogP contribution in [0.5, 0.6) is 0 Å². The molecule has 0 saturated carbocycles. The van der Waals surface area contributed by atoms with Crippen LogP contribution in [0.15, 0.2) is 4.90 Å². The molecule has 1 aromatic heterocycles. The molecule has 0 saturated heterocycles. The van der Waals surface area contributed by atoms with E-state index in [2.05, 4.69) is 23.7 Å². The predicted molar refractivity (Wildman–Crippen MR) is 63.7 cm³/mol. The van der Waals surface area contributed by atoms with Crippen molar-refractivity contribution in [1.29, 1.82) is 0 Å². The van der Waals surface area contributed by atoms with Crippen molar-refractivity contribution in [3.05, 3.63) is 28.4 Å². The summed E-state index contributed by atoms with van der Waals surface area (Å²) >= 11 is 1.80. The number of hydrogen-bond donors (Lipinski definition) is 0. The minimum absolute atomic E-state index is 0.157. The molecule has 1 aliphatic heterocycles. The number of aromatic nitrogens is 1. The Morgan fingerprint density at radius 3 is 2.60 bits per heavy atom. The van der Waals surface area contributed by atoms with Gasteiger partial charge < -0.3 is 0 Å². The molecule has 0 atom stereocenters. The van der Waals surface area contributed by atoms with Gasteiger partial charge in [0.1, 0.15) is 0 Å². The number of hydrogen-bond acceptors (Lipinski definition) is 2. The summed E-state index contributed by atoms with van der Waals surface area (Å²) in [6, 6.07) is 0. The van der Waals surface area contributed by atoms with E-state index in [9.17, 15) is 0 Å². The fourth-order valence-corrected chi connectivity index (χ4v) is 3.75. The van der Waals surface area contributed by atoms with Gasteiger partial charge in [-0.05, 0) is 19.4 Å². The van der Waals surface area contributed by atoms with E-state index in [4.69, 9.17) is 6.57 Å². The Labute approximate surface area is 94.9 Å². The molecule has 0 bridgehead atoms. The zero-order chi connectivity index (χ0) is 11.2. The summed E-state index contributed by atoms with van der Waals surface area (Å²) in [7, 11) is 0. The van der Waals surface area contributed by atoms with Gasteiger partial charge in [-0.25, -0.2) is 4.85 Å². The van der Waals surface area contributed by atoms with Crippen LogP contribution in [0.1, 0.15) is 30.8 Å². The quantitative estimate of drug-likeness (QED) is 0.619. The van der Waals surface area contributed by atoms with Gasteiger partial charge in [0.25, 0.3) is 0 Å². The van der Waals surface area contributed by atoms with Gasteiger partial charge in [0, 0.05) is 27.5 Å². The number of fused-ring (bicyclic) bond motifs is 1. The lowest BCUT2D eigenvalue weighted by Crippen LogP contribution is -2.18. The van der Waals surface area contributed by atoms with Gasteiger partial charge in [-0.2, -0.15) is 0 Å². The molecule has 0 aromatic carbocycles. The van der Waals surface area contributed by atoms with Crippen LogP contribution in [0, 0.1) is 20.4 Å². The summed E-state index contributed by atoms with van der Waals surface area (Å²) in [4.78, 5) is 9.27. The highest BCUT2D eigenvalue weighted by atomic mass is 32.2. The summed E-state index contributed by atoms with van der Waals surface area (Å²) in [5.74, 6) is 1.05. The molecule has 2 heterocycles. The number of pyridine rings is 1. The van der Waals surface area contributed by atoms with Crippen molar-refractivity contribution >= 4 is 17.4 Å². The topological polar surface area (TPSA) is 17.2 Å². The molecule has 1 aromatic rings. The van der Waals surface area contributed by atoms with Crippen molar-refractivity contribution in [3.8, 4) is 0 Å². The first-order valence-electron chi connectivity index (χ1n) is 4.99. The van der Waals surface area contributed by atoms with Gasteiger partial charge in [-0.15, -0.1) is 11.8 Å². The summed E-state index contributed by atoms with van der Waals surface area (Å²) in [6.45, 7) is 15.6. The lowest BCUT2D eigenvalue weighted by Gasteiger charge is -2.20. The molecule has 0 fully saturated rings. The maximum Gasteiger partial charge on any atom is 0.221 e. The largest absolute Gasteiger partial charge is 0.270 e. The molecule has 0 amide bonds. The molecule has 3 heteroatoms. The Morgan fingerprint density at radius 1 is 1.33 bits per heavy atom. The van der Waals surface area contributed by atoms with E-state index in [-0.39, 0.29) is 5.41 Å². The van der Waals surface area contributed by atoms with Crippen LogP contribution in [0.3, 0.4) is 0 Å². The second-order valence-corrected chi connectivity index (χ2v) is 5.61. The minimum Gasteiger partial charge on any atom is -0.270 e. The molecule has 15 heavy (non-hydrogen) atoms. The molecule has 0 aliphatic carbocycles. The average molecular weight is 218 g/mol. The molecule has 0 unspecified atom stereocenters. The number of rotatable bonds is 0. The number of thioether (sulfide) groups is 1. The van der Waals surface area contributed by atoms with E-state index in [0.717, 1.165) is 22.8 Å². The summed E-state index contributed by atoms with van der Waals surface area (Å²) in [5.41, 5.74) is 4.15. The smallest absolute Gasteiger partial charge is 0.221 e. The third kappa shape index (κ3) is 1.44. The van der Waals surface area contributed by atoms with Crippen LogP contribution < -0.4 is 0 Å². The Bertz CT molecular complexity index is 469. The van der Waals surface area contributed by atoms with E-state index in [0.29, 0.717) is 0 Å². The molecular weight excluding hydrogens is 204 g/mol. The minimum atomic E-state index is 0.157. The van der Waals surface area contributed by atoms with Gasteiger partial charge in [-0.3, -0.25) is 4.98 Å².